The van der Waals surface area contributed by atoms with Crippen molar-refractivity contribution < 1.29 is 14.4 Å². The van der Waals surface area contributed by atoms with Gasteiger partial charge in [-0.25, -0.2) is 0 Å². The molecule has 2 heterocycles. The largest absolute Gasteiger partial charge is 0.480 e. The van der Waals surface area contributed by atoms with Gasteiger partial charge in [-0.05, 0) is 31.1 Å². The van der Waals surface area contributed by atoms with Gasteiger partial charge in [0.25, 0.3) is 0 Å². The molecule has 2 aliphatic rings. The first kappa shape index (κ1) is 13.5. The van der Waals surface area contributed by atoms with Crippen molar-refractivity contribution in [2.75, 3.05) is 6.54 Å². The van der Waals surface area contributed by atoms with Gasteiger partial charge in [0.2, 0.25) is 5.89 Å². The number of carbonyl (C=O) groups is 1. The highest BCUT2D eigenvalue weighted by Gasteiger charge is 2.47. The van der Waals surface area contributed by atoms with Crippen LogP contribution < -0.4 is 0 Å². The minimum atomic E-state index is -0.711. The zero-order valence-corrected chi connectivity index (χ0v) is 11.8. The smallest absolute Gasteiger partial charge is 0.321 e. The summed E-state index contributed by atoms with van der Waals surface area (Å²) in [6, 6.07) is -0.379. The van der Waals surface area contributed by atoms with Crippen LogP contribution in [0, 0.1) is 11.8 Å². The molecule has 110 valence electrons. The molecule has 0 aromatic carbocycles. The molecule has 3 atom stereocenters. The summed E-state index contributed by atoms with van der Waals surface area (Å²) < 4.78 is 5.17. The number of hydrogen-bond donors (Lipinski definition) is 1. The fourth-order valence-corrected chi connectivity index (χ4v) is 3.75. The van der Waals surface area contributed by atoms with Crippen LogP contribution in [-0.4, -0.2) is 38.7 Å². The third kappa shape index (κ3) is 2.44. The number of aliphatic carboxylic acids is 1. The van der Waals surface area contributed by atoms with E-state index in [1.54, 1.807) is 0 Å². The third-order valence-corrected chi connectivity index (χ3v) is 4.56. The Morgan fingerprint density at radius 3 is 3.10 bits per heavy atom. The molecule has 1 aliphatic carbocycles. The van der Waals surface area contributed by atoms with Gasteiger partial charge in [0, 0.05) is 13.0 Å². The molecule has 0 amide bonds. The molecule has 1 saturated carbocycles. The maximum absolute atomic E-state index is 11.5. The van der Waals surface area contributed by atoms with E-state index in [0.29, 0.717) is 30.1 Å². The van der Waals surface area contributed by atoms with Gasteiger partial charge in [-0.1, -0.05) is 18.5 Å². The van der Waals surface area contributed by atoms with E-state index in [2.05, 4.69) is 17.1 Å². The van der Waals surface area contributed by atoms with Crippen molar-refractivity contribution in [3.05, 3.63) is 11.7 Å². The summed E-state index contributed by atoms with van der Waals surface area (Å²) in [5, 5.41) is 13.5. The van der Waals surface area contributed by atoms with Crippen molar-refractivity contribution in [3.8, 4) is 0 Å². The molecule has 20 heavy (non-hydrogen) atoms. The highest BCUT2D eigenvalue weighted by molar-refractivity contribution is 5.74. The Hall–Kier alpha value is -1.43. The Morgan fingerprint density at radius 1 is 1.50 bits per heavy atom. The second kappa shape index (κ2) is 5.52. The summed E-state index contributed by atoms with van der Waals surface area (Å²) in [6.45, 7) is 3.39. The molecule has 1 aromatic rings. The lowest BCUT2D eigenvalue weighted by Crippen LogP contribution is -2.39. The number of aromatic nitrogens is 2. The summed E-state index contributed by atoms with van der Waals surface area (Å²) in [7, 11) is 0. The van der Waals surface area contributed by atoms with Crippen LogP contribution in [0.15, 0.2) is 4.52 Å². The first-order valence-corrected chi connectivity index (χ1v) is 7.47. The van der Waals surface area contributed by atoms with Crippen molar-refractivity contribution in [3.63, 3.8) is 0 Å². The van der Waals surface area contributed by atoms with Crippen LogP contribution in [0.5, 0.6) is 0 Å². The van der Waals surface area contributed by atoms with Gasteiger partial charge in [0.15, 0.2) is 5.82 Å². The zero-order chi connectivity index (χ0) is 14.1. The first-order chi connectivity index (χ1) is 9.69. The highest BCUT2D eigenvalue weighted by Crippen LogP contribution is 2.42. The average Bonchev–Trinajstić information content (AvgIpc) is 3.05. The summed E-state index contributed by atoms with van der Waals surface area (Å²) in [6.07, 6.45) is 5.09. The standard InChI is InChI=1S/C14H21N3O3/c1-2-4-12-15-11(16-20-12)8-17-7-9-5-3-6-10(9)13(17)14(18)19/h9-10,13H,2-8H2,1H3,(H,18,19). The monoisotopic (exact) mass is 279 g/mol. The van der Waals surface area contributed by atoms with Crippen LogP contribution in [0.1, 0.15) is 44.3 Å². The lowest BCUT2D eigenvalue weighted by atomic mass is 9.94. The van der Waals surface area contributed by atoms with E-state index in [9.17, 15) is 9.90 Å². The number of rotatable bonds is 5. The normalized spacial score (nSPS) is 29.8. The van der Waals surface area contributed by atoms with Crippen LogP contribution >= 0.6 is 0 Å². The van der Waals surface area contributed by atoms with Crippen molar-refractivity contribution >= 4 is 5.97 Å². The van der Waals surface area contributed by atoms with E-state index < -0.39 is 5.97 Å². The van der Waals surface area contributed by atoms with Crippen LogP contribution in [-0.2, 0) is 17.8 Å². The van der Waals surface area contributed by atoms with Crippen molar-refractivity contribution in [2.24, 2.45) is 11.8 Å². The molecule has 0 bridgehead atoms. The molecule has 1 saturated heterocycles. The molecular weight excluding hydrogens is 258 g/mol. The van der Waals surface area contributed by atoms with E-state index in [0.717, 1.165) is 38.6 Å². The molecular formula is C14H21N3O3. The van der Waals surface area contributed by atoms with Crippen LogP contribution in [0.3, 0.4) is 0 Å². The second-order valence-electron chi connectivity index (χ2n) is 5.92. The van der Waals surface area contributed by atoms with Crippen molar-refractivity contribution in [2.45, 2.75) is 51.6 Å². The second-order valence-corrected chi connectivity index (χ2v) is 5.92. The predicted molar refractivity (Wildman–Crippen MR) is 71.0 cm³/mol. The van der Waals surface area contributed by atoms with Gasteiger partial charge in [-0.3, -0.25) is 9.69 Å². The topological polar surface area (TPSA) is 79.5 Å². The number of carboxylic acids is 1. The van der Waals surface area contributed by atoms with Gasteiger partial charge >= 0.3 is 5.97 Å². The maximum Gasteiger partial charge on any atom is 0.321 e. The Morgan fingerprint density at radius 2 is 2.35 bits per heavy atom. The highest BCUT2D eigenvalue weighted by atomic mass is 16.5. The van der Waals surface area contributed by atoms with E-state index in [1.807, 2.05) is 4.90 Å². The summed E-state index contributed by atoms with van der Waals surface area (Å²) >= 11 is 0. The molecule has 3 unspecified atom stereocenters. The Balaban J connectivity index is 1.70. The van der Waals surface area contributed by atoms with Gasteiger partial charge < -0.3 is 9.63 Å². The summed E-state index contributed by atoms with van der Waals surface area (Å²) in [5.41, 5.74) is 0. The molecule has 1 aliphatic heterocycles. The number of aryl methyl sites for hydroxylation is 1. The molecule has 1 aromatic heterocycles. The van der Waals surface area contributed by atoms with Gasteiger partial charge in [-0.2, -0.15) is 4.98 Å². The third-order valence-electron chi connectivity index (χ3n) is 4.56. The van der Waals surface area contributed by atoms with Crippen molar-refractivity contribution in [1.82, 2.24) is 15.0 Å². The zero-order valence-electron chi connectivity index (χ0n) is 11.8. The minimum Gasteiger partial charge on any atom is -0.480 e. The Bertz CT molecular complexity index is 488. The van der Waals surface area contributed by atoms with Gasteiger partial charge in [0.05, 0.1) is 6.54 Å². The summed E-state index contributed by atoms with van der Waals surface area (Å²) in [4.78, 5) is 17.9. The van der Waals surface area contributed by atoms with E-state index >= 15 is 0 Å². The Kier molecular flexibility index (Phi) is 3.74. The number of nitrogens with zero attached hydrogens (tertiary/aromatic N) is 3. The minimum absolute atomic E-state index is 0.300. The van der Waals surface area contributed by atoms with E-state index in [4.69, 9.17) is 4.52 Å². The first-order valence-electron chi connectivity index (χ1n) is 7.47. The Labute approximate surface area is 118 Å². The molecule has 2 fully saturated rings. The number of likely N-dealkylation sites (tertiary alicyclic amines) is 1. The predicted octanol–water partition coefficient (Wildman–Crippen LogP) is 1.71. The quantitative estimate of drug-likeness (QED) is 0.883. The van der Waals surface area contributed by atoms with Crippen LogP contribution in [0.2, 0.25) is 0 Å². The number of hydrogen-bond acceptors (Lipinski definition) is 5. The molecule has 6 heteroatoms. The molecule has 3 rings (SSSR count). The average molecular weight is 279 g/mol. The van der Waals surface area contributed by atoms with Gasteiger partial charge in [-0.15, -0.1) is 0 Å². The van der Waals surface area contributed by atoms with Crippen LogP contribution in [0.4, 0.5) is 0 Å². The van der Waals surface area contributed by atoms with Crippen LogP contribution in [0.25, 0.3) is 0 Å². The van der Waals surface area contributed by atoms with E-state index in [1.165, 1.54) is 0 Å². The molecule has 6 nitrogen and oxygen atoms in total. The molecule has 1 N–H and O–H groups in total. The van der Waals surface area contributed by atoms with Crippen molar-refractivity contribution in [1.29, 1.82) is 0 Å². The lowest BCUT2D eigenvalue weighted by molar-refractivity contribution is -0.143. The number of carboxylic acid groups (broad SMARTS) is 1. The fraction of sp³-hybridized carbons (Fsp3) is 0.786. The van der Waals surface area contributed by atoms with E-state index in [-0.39, 0.29) is 6.04 Å². The SMILES string of the molecule is CCCc1nc(CN2CC3CCCC3C2C(=O)O)no1. The summed E-state index contributed by atoms with van der Waals surface area (Å²) in [5.74, 6) is 1.37. The fourth-order valence-electron chi connectivity index (χ4n) is 3.75. The lowest BCUT2D eigenvalue weighted by Gasteiger charge is -2.22. The maximum atomic E-state index is 11.5. The number of fused-ring (bicyclic) bond motifs is 1. The van der Waals surface area contributed by atoms with Gasteiger partial charge in [0.1, 0.15) is 6.04 Å². The molecule has 0 spiro atoms. The molecule has 0 radical (unpaired) electrons.